The highest BCUT2D eigenvalue weighted by Gasteiger charge is 2.42. The zero-order chi connectivity index (χ0) is 33.3. The van der Waals surface area contributed by atoms with Gasteiger partial charge in [-0.05, 0) is 94.8 Å². The maximum absolute atomic E-state index is 7.02. The molecule has 8 nitrogen and oxygen atoms in total. The molecule has 0 amide bonds. The molecule has 7 aromatic rings. The van der Waals surface area contributed by atoms with Gasteiger partial charge in [0.25, 0.3) is 5.72 Å². The van der Waals surface area contributed by atoms with Gasteiger partial charge in [-0.2, -0.15) is 4.98 Å². The quantitative estimate of drug-likeness (QED) is 0.0737. The van der Waals surface area contributed by atoms with E-state index < -0.39 is 5.72 Å². The van der Waals surface area contributed by atoms with Crippen LogP contribution in [0, 0.1) is 0 Å². The van der Waals surface area contributed by atoms with Gasteiger partial charge in [-0.25, -0.2) is 9.97 Å². The molecule has 9 heteroatoms. The molecule has 0 aliphatic carbocycles. The number of hydrogen-bond donors (Lipinski definition) is 4. The molecule has 1 unspecified atom stereocenters. The van der Waals surface area contributed by atoms with Crippen LogP contribution in [0.1, 0.15) is 11.4 Å². The van der Waals surface area contributed by atoms with Crippen molar-refractivity contribution < 1.29 is 4.74 Å². The molecule has 0 bridgehead atoms. The molecule has 49 heavy (non-hydrogen) atoms. The van der Waals surface area contributed by atoms with Crippen molar-refractivity contribution in [3.8, 4) is 5.88 Å². The standard InChI is InChI=1S/C40H32BrN7O/c41-39-33(42-29-15-5-1-6-16-29)27-28-35(46-39)40(48-32-21-11-4-12-22-32,34-23-13-24-36(45-34)43-30-17-7-2-8-18-30)49-38-26-14-25-37(47-38)44-31-19-9-3-10-20-31/h1-28,42,48H,(H,43,45)(H,44,47). The average molecular weight is 707 g/mol. The number of hydrogen-bond acceptors (Lipinski definition) is 8. The van der Waals surface area contributed by atoms with Gasteiger partial charge in [0.1, 0.15) is 27.6 Å². The number of para-hydroxylation sites is 4. The van der Waals surface area contributed by atoms with Crippen molar-refractivity contribution in [2.24, 2.45) is 0 Å². The summed E-state index contributed by atoms with van der Waals surface area (Å²) >= 11 is 3.73. The van der Waals surface area contributed by atoms with Crippen molar-refractivity contribution in [3.63, 3.8) is 0 Å². The maximum Gasteiger partial charge on any atom is 0.269 e. The Hall–Kier alpha value is -6.19. The fourth-order valence-corrected chi connectivity index (χ4v) is 5.67. The van der Waals surface area contributed by atoms with Gasteiger partial charge in [0, 0.05) is 28.8 Å². The van der Waals surface area contributed by atoms with Gasteiger partial charge in [-0.15, -0.1) is 0 Å². The first-order valence-electron chi connectivity index (χ1n) is 15.7. The van der Waals surface area contributed by atoms with Crippen molar-refractivity contribution in [2.75, 3.05) is 21.3 Å². The lowest BCUT2D eigenvalue weighted by atomic mass is 10.0. The molecule has 240 valence electrons. The number of rotatable bonds is 12. The summed E-state index contributed by atoms with van der Waals surface area (Å²) in [5.41, 5.74) is 4.02. The van der Waals surface area contributed by atoms with Gasteiger partial charge in [-0.3, -0.25) is 0 Å². The first kappa shape index (κ1) is 31.4. The van der Waals surface area contributed by atoms with Gasteiger partial charge in [0.05, 0.1) is 5.69 Å². The number of halogens is 1. The zero-order valence-corrected chi connectivity index (χ0v) is 27.9. The second-order valence-corrected chi connectivity index (χ2v) is 11.8. The van der Waals surface area contributed by atoms with Crippen LogP contribution in [0.2, 0.25) is 0 Å². The summed E-state index contributed by atoms with van der Waals surface area (Å²) in [6.07, 6.45) is 0. The zero-order valence-electron chi connectivity index (χ0n) is 26.3. The van der Waals surface area contributed by atoms with Gasteiger partial charge in [-0.1, -0.05) is 84.9 Å². The first-order chi connectivity index (χ1) is 24.1. The van der Waals surface area contributed by atoms with Crippen LogP contribution in [0.25, 0.3) is 0 Å². The normalized spacial score (nSPS) is 11.9. The molecular formula is C40H32BrN7O. The van der Waals surface area contributed by atoms with Crippen LogP contribution in [0.4, 0.5) is 40.1 Å². The maximum atomic E-state index is 7.02. The van der Waals surface area contributed by atoms with E-state index in [1.165, 1.54) is 0 Å². The van der Waals surface area contributed by atoms with E-state index in [9.17, 15) is 0 Å². The predicted molar refractivity (Wildman–Crippen MR) is 201 cm³/mol. The Kier molecular flexibility index (Phi) is 9.43. The topological polar surface area (TPSA) is 96.0 Å². The van der Waals surface area contributed by atoms with Crippen LogP contribution in [-0.2, 0) is 5.72 Å². The summed E-state index contributed by atoms with van der Waals surface area (Å²) < 4.78 is 7.62. The Morgan fingerprint density at radius 2 is 0.918 bits per heavy atom. The number of nitrogens with one attached hydrogen (secondary N) is 4. The Morgan fingerprint density at radius 3 is 1.49 bits per heavy atom. The van der Waals surface area contributed by atoms with Gasteiger partial charge < -0.3 is 26.0 Å². The highest BCUT2D eigenvalue weighted by Crippen LogP contribution is 2.37. The van der Waals surface area contributed by atoms with E-state index >= 15 is 0 Å². The molecule has 4 N–H and O–H groups in total. The van der Waals surface area contributed by atoms with Gasteiger partial charge in [0.2, 0.25) is 5.88 Å². The van der Waals surface area contributed by atoms with Crippen LogP contribution in [0.15, 0.2) is 174 Å². The second kappa shape index (κ2) is 14.7. The van der Waals surface area contributed by atoms with Crippen LogP contribution in [0.5, 0.6) is 5.88 Å². The van der Waals surface area contributed by atoms with E-state index in [4.69, 9.17) is 19.7 Å². The van der Waals surface area contributed by atoms with E-state index in [0.29, 0.717) is 33.5 Å². The fourth-order valence-electron chi connectivity index (χ4n) is 5.25. The Bertz CT molecular complexity index is 2120. The van der Waals surface area contributed by atoms with Crippen LogP contribution >= 0.6 is 15.9 Å². The van der Waals surface area contributed by atoms with Crippen LogP contribution < -0.4 is 26.0 Å². The van der Waals surface area contributed by atoms with E-state index in [2.05, 4.69) is 37.2 Å². The molecular weight excluding hydrogens is 674 g/mol. The number of nitrogens with zero attached hydrogens (tertiary/aromatic N) is 3. The molecule has 3 heterocycles. The lowest BCUT2D eigenvalue weighted by molar-refractivity contribution is 0.125. The second-order valence-electron chi connectivity index (χ2n) is 11.1. The summed E-state index contributed by atoms with van der Waals surface area (Å²) in [5, 5.41) is 13.9. The van der Waals surface area contributed by atoms with Gasteiger partial charge in [0.15, 0.2) is 0 Å². The van der Waals surface area contributed by atoms with E-state index in [-0.39, 0.29) is 0 Å². The van der Waals surface area contributed by atoms with Crippen LogP contribution in [0.3, 0.4) is 0 Å². The molecule has 7 rings (SSSR count). The van der Waals surface area contributed by atoms with Crippen molar-refractivity contribution in [2.45, 2.75) is 5.72 Å². The average Bonchev–Trinajstić information content (AvgIpc) is 3.14. The fraction of sp³-hybridized carbons (Fsp3) is 0.0250. The largest absolute Gasteiger partial charge is 0.439 e. The molecule has 0 radical (unpaired) electrons. The summed E-state index contributed by atoms with van der Waals surface area (Å²) in [6, 6.07) is 54.9. The van der Waals surface area contributed by atoms with Crippen molar-refractivity contribution in [1.29, 1.82) is 0 Å². The highest BCUT2D eigenvalue weighted by atomic mass is 79.9. The van der Waals surface area contributed by atoms with E-state index in [1.54, 1.807) is 0 Å². The van der Waals surface area contributed by atoms with Crippen LogP contribution in [-0.4, -0.2) is 15.0 Å². The summed E-state index contributed by atoms with van der Waals surface area (Å²) in [7, 11) is 0. The minimum Gasteiger partial charge on any atom is -0.439 e. The summed E-state index contributed by atoms with van der Waals surface area (Å²) in [6.45, 7) is 0. The minimum absolute atomic E-state index is 0.358. The highest BCUT2D eigenvalue weighted by molar-refractivity contribution is 9.10. The summed E-state index contributed by atoms with van der Waals surface area (Å²) in [4.78, 5) is 15.0. The van der Waals surface area contributed by atoms with Crippen molar-refractivity contribution in [1.82, 2.24) is 15.0 Å². The van der Waals surface area contributed by atoms with Crippen molar-refractivity contribution in [3.05, 3.63) is 186 Å². The van der Waals surface area contributed by atoms with Gasteiger partial charge >= 0.3 is 0 Å². The lowest BCUT2D eigenvalue weighted by Crippen LogP contribution is -2.44. The number of pyridine rings is 3. The molecule has 0 fully saturated rings. The molecule has 4 aromatic carbocycles. The van der Waals surface area contributed by atoms with E-state index in [1.807, 2.05) is 170 Å². The third kappa shape index (κ3) is 7.69. The third-order valence-corrected chi connectivity index (χ3v) is 8.14. The molecule has 0 aliphatic rings. The number of anilines is 7. The first-order valence-corrected chi connectivity index (χ1v) is 16.5. The molecule has 0 aliphatic heterocycles. The van der Waals surface area contributed by atoms with E-state index in [0.717, 1.165) is 28.4 Å². The smallest absolute Gasteiger partial charge is 0.269 e. The molecule has 0 saturated carbocycles. The Morgan fingerprint density at radius 1 is 0.429 bits per heavy atom. The lowest BCUT2D eigenvalue weighted by Gasteiger charge is -2.35. The molecule has 1 atom stereocenters. The Labute approximate surface area is 293 Å². The number of ether oxygens (including phenoxy) is 1. The number of benzene rings is 4. The van der Waals surface area contributed by atoms with Crippen molar-refractivity contribution >= 4 is 56.0 Å². The molecule has 3 aromatic heterocycles. The number of aromatic nitrogens is 3. The minimum atomic E-state index is -1.44. The predicted octanol–water partition coefficient (Wildman–Crippen LogP) is 10.3. The Balaban J connectivity index is 1.36. The molecule has 0 saturated heterocycles. The SMILES string of the molecule is Brc1nc(C(Nc2ccccc2)(Oc2cccc(Nc3ccccc3)n2)c2cccc(Nc3ccccc3)n2)ccc1Nc1ccccc1. The monoisotopic (exact) mass is 705 g/mol. The summed E-state index contributed by atoms with van der Waals surface area (Å²) in [5.74, 6) is 1.62. The molecule has 0 spiro atoms. The third-order valence-electron chi connectivity index (χ3n) is 7.54.